The lowest BCUT2D eigenvalue weighted by atomic mass is 10.1. The van der Waals surface area contributed by atoms with Crippen molar-refractivity contribution in [3.8, 4) is 5.75 Å². The van der Waals surface area contributed by atoms with E-state index in [0.29, 0.717) is 12.2 Å². The Bertz CT molecular complexity index is 515. The summed E-state index contributed by atoms with van der Waals surface area (Å²) < 4.78 is 5.16. The van der Waals surface area contributed by atoms with Crippen molar-refractivity contribution in [1.29, 1.82) is 0 Å². The molecule has 0 aliphatic carbocycles. The van der Waals surface area contributed by atoms with Gasteiger partial charge in [-0.25, -0.2) is 0 Å². The maximum absolute atomic E-state index is 12.4. The molecule has 1 heterocycles. The molecule has 1 unspecified atom stereocenters. The van der Waals surface area contributed by atoms with Gasteiger partial charge in [-0.1, -0.05) is 12.1 Å². The van der Waals surface area contributed by atoms with E-state index in [9.17, 15) is 14.7 Å². The summed E-state index contributed by atoms with van der Waals surface area (Å²) in [5.41, 5.74) is 6.05. The molecule has 6 heteroatoms. The first-order valence-corrected chi connectivity index (χ1v) is 5.99. The number of carbonyl (C=O) groups excluding carboxylic acids is 2. The highest BCUT2D eigenvalue weighted by Gasteiger charge is 2.33. The summed E-state index contributed by atoms with van der Waals surface area (Å²) in [5, 5.41) is 9.93. The predicted octanol–water partition coefficient (Wildman–Crippen LogP) is 0.0269. The van der Waals surface area contributed by atoms with Gasteiger partial charge in [-0.2, -0.15) is 0 Å². The molecule has 102 valence electrons. The van der Waals surface area contributed by atoms with E-state index < -0.39 is 17.9 Å². The maximum atomic E-state index is 12.4. The van der Waals surface area contributed by atoms with Gasteiger partial charge >= 0.3 is 0 Å². The van der Waals surface area contributed by atoms with Gasteiger partial charge in [0, 0.05) is 6.54 Å². The normalized spacial score (nSPS) is 19.2. The van der Waals surface area contributed by atoms with Crippen molar-refractivity contribution < 1.29 is 19.4 Å². The Kier molecular flexibility index (Phi) is 3.71. The molecular weight excluding hydrogens is 248 g/mol. The van der Waals surface area contributed by atoms with Crippen molar-refractivity contribution in [1.82, 2.24) is 4.90 Å². The molecule has 1 aliphatic heterocycles. The van der Waals surface area contributed by atoms with Crippen LogP contribution in [0.25, 0.3) is 0 Å². The van der Waals surface area contributed by atoms with Crippen LogP contribution in [0.4, 0.5) is 0 Å². The molecule has 2 rings (SSSR count). The SMILES string of the molecule is Cc1cccc(C(=O)N2CCOCC2C(N)=O)c1O. The molecule has 1 aromatic carbocycles. The number of aryl methyl sites for hydroxylation is 1. The molecule has 6 nitrogen and oxygen atoms in total. The van der Waals surface area contributed by atoms with Crippen molar-refractivity contribution in [3.63, 3.8) is 0 Å². The summed E-state index contributed by atoms with van der Waals surface area (Å²) in [7, 11) is 0. The van der Waals surface area contributed by atoms with E-state index in [4.69, 9.17) is 10.5 Å². The fourth-order valence-corrected chi connectivity index (χ4v) is 2.07. The highest BCUT2D eigenvalue weighted by Crippen LogP contribution is 2.24. The van der Waals surface area contributed by atoms with Crippen molar-refractivity contribution in [3.05, 3.63) is 29.3 Å². The number of aromatic hydroxyl groups is 1. The van der Waals surface area contributed by atoms with Gasteiger partial charge in [-0.3, -0.25) is 9.59 Å². The average Bonchev–Trinajstić information content (AvgIpc) is 2.41. The smallest absolute Gasteiger partial charge is 0.258 e. The molecule has 1 aromatic rings. The fraction of sp³-hybridized carbons (Fsp3) is 0.385. The predicted molar refractivity (Wildman–Crippen MR) is 67.7 cm³/mol. The number of nitrogens with two attached hydrogens (primary N) is 1. The minimum Gasteiger partial charge on any atom is -0.507 e. The lowest BCUT2D eigenvalue weighted by Crippen LogP contribution is -2.54. The van der Waals surface area contributed by atoms with Crippen LogP contribution < -0.4 is 5.73 Å². The largest absolute Gasteiger partial charge is 0.507 e. The van der Waals surface area contributed by atoms with Crippen LogP contribution in [0.5, 0.6) is 5.75 Å². The molecule has 19 heavy (non-hydrogen) atoms. The summed E-state index contributed by atoms with van der Waals surface area (Å²) in [6.07, 6.45) is 0. The first-order chi connectivity index (χ1) is 9.02. The van der Waals surface area contributed by atoms with E-state index in [2.05, 4.69) is 0 Å². The summed E-state index contributed by atoms with van der Waals surface area (Å²) in [6, 6.07) is 4.12. The van der Waals surface area contributed by atoms with Gasteiger partial charge in [-0.05, 0) is 18.6 Å². The minimum atomic E-state index is -0.791. The van der Waals surface area contributed by atoms with E-state index in [1.807, 2.05) is 0 Å². The van der Waals surface area contributed by atoms with Gasteiger partial charge in [0.25, 0.3) is 5.91 Å². The zero-order chi connectivity index (χ0) is 14.0. The Balaban J connectivity index is 2.31. The standard InChI is InChI=1S/C13H16N2O4/c1-8-3-2-4-9(11(8)16)13(18)15-5-6-19-7-10(15)12(14)17/h2-4,10,16H,5-7H2,1H3,(H2,14,17). The number of phenolic OH excluding ortho intramolecular Hbond substituents is 1. The molecule has 0 saturated carbocycles. The van der Waals surface area contributed by atoms with Gasteiger partial charge in [0.1, 0.15) is 11.8 Å². The number of rotatable bonds is 2. The van der Waals surface area contributed by atoms with Crippen LogP contribution in [0.1, 0.15) is 15.9 Å². The molecule has 0 aromatic heterocycles. The zero-order valence-electron chi connectivity index (χ0n) is 10.6. The molecule has 0 spiro atoms. The van der Waals surface area contributed by atoms with Crippen LogP contribution in [-0.4, -0.2) is 47.6 Å². The zero-order valence-corrected chi connectivity index (χ0v) is 10.6. The van der Waals surface area contributed by atoms with Crippen LogP contribution >= 0.6 is 0 Å². The summed E-state index contributed by atoms with van der Waals surface area (Å²) in [6.45, 7) is 2.42. The van der Waals surface area contributed by atoms with E-state index in [-0.39, 0.29) is 24.5 Å². The Morgan fingerprint density at radius 3 is 2.89 bits per heavy atom. The quantitative estimate of drug-likeness (QED) is 0.788. The number of amides is 2. The Morgan fingerprint density at radius 1 is 1.47 bits per heavy atom. The third-order valence-corrected chi connectivity index (χ3v) is 3.19. The second kappa shape index (κ2) is 5.27. The summed E-state index contributed by atoms with van der Waals surface area (Å²) in [4.78, 5) is 25.1. The van der Waals surface area contributed by atoms with Gasteiger partial charge < -0.3 is 20.5 Å². The Hall–Kier alpha value is -2.08. The van der Waals surface area contributed by atoms with Gasteiger partial charge in [0.15, 0.2) is 0 Å². The van der Waals surface area contributed by atoms with Crippen molar-refractivity contribution in [2.75, 3.05) is 19.8 Å². The van der Waals surface area contributed by atoms with Crippen LogP contribution in [0.15, 0.2) is 18.2 Å². The van der Waals surface area contributed by atoms with Crippen LogP contribution in [0.2, 0.25) is 0 Å². The van der Waals surface area contributed by atoms with Gasteiger partial charge in [0.05, 0.1) is 18.8 Å². The number of benzene rings is 1. The molecule has 0 radical (unpaired) electrons. The maximum Gasteiger partial charge on any atom is 0.258 e. The third-order valence-electron chi connectivity index (χ3n) is 3.19. The second-order valence-electron chi connectivity index (χ2n) is 4.46. The van der Waals surface area contributed by atoms with E-state index in [1.54, 1.807) is 19.1 Å². The number of phenols is 1. The molecular formula is C13H16N2O4. The van der Waals surface area contributed by atoms with Crippen LogP contribution in [0, 0.1) is 6.92 Å². The third kappa shape index (κ3) is 2.53. The first kappa shape index (κ1) is 13.4. The fourth-order valence-electron chi connectivity index (χ4n) is 2.07. The van der Waals surface area contributed by atoms with Crippen LogP contribution in [-0.2, 0) is 9.53 Å². The lowest BCUT2D eigenvalue weighted by Gasteiger charge is -2.33. The molecule has 0 bridgehead atoms. The molecule has 3 N–H and O–H groups in total. The minimum absolute atomic E-state index is 0.0674. The number of morpholine rings is 1. The Labute approximate surface area is 110 Å². The average molecular weight is 264 g/mol. The monoisotopic (exact) mass is 264 g/mol. The lowest BCUT2D eigenvalue weighted by molar-refractivity contribution is -0.127. The van der Waals surface area contributed by atoms with Crippen LogP contribution in [0.3, 0.4) is 0 Å². The van der Waals surface area contributed by atoms with Crippen molar-refractivity contribution >= 4 is 11.8 Å². The number of nitrogens with zero attached hydrogens (tertiary/aromatic N) is 1. The number of hydrogen-bond acceptors (Lipinski definition) is 4. The number of primary amides is 1. The molecule has 1 fully saturated rings. The van der Waals surface area contributed by atoms with E-state index in [0.717, 1.165) is 0 Å². The Morgan fingerprint density at radius 2 is 2.21 bits per heavy atom. The number of ether oxygens (including phenoxy) is 1. The van der Waals surface area contributed by atoms with E-state index >= 15 is 0 Å². The summed E-state index contributed by atoms with van der Waals surface area (Å²) >= 11 is 0. The van der Waals surface area contributed by atoms with Gasteiger partial charge in [-0.15, -0.1) is 0 Å². The first-order valence-electron chi connectivity index (χ1n) is 5.99. The highest BCUT2D eigenvalue weighted by molar-refractivity contribution is 5.99. The summed E-state index contributed by atoms with van der Waals surface area (Å²) in [5.74, 6) is -1.09. The van der Waals surface area contributed by atoms with Crippen molar-refractivity contribution in [2.45, 2.75) is 13.0 Å². The molecule has 1 saturated heterocycles. The molecule has 2 amide bonds. The highest BCUT2D eigenvalue weighted by atomic mass is 16.5. The van der Waals surface area contributed by atoms with E-state index in [1.165, 1.54) is 11.0 Å². The van der Waals surface area contributed by atoms with Gasteiger partial charge in [0.2, 0.25) is 5.91 Å². The molecule has 1 atom stereocenters. The number of carbonyl (C=O) groups is 2. The van der Waals surface area contributed by atoms with Crippen molar-refractivity contribution in [2.24, 2.45) is 5.73 Å². The number of para-hydroxylation sites is 1. The number of hydrogen-bond donors (Lipinski definition) is 2. The molecule has 1 aliphatic rings. The topological polar surface area (TPSA) is 92.9 Å². The second-order valence-corrected chi connectivity index (χ2v) is 4.46.